The van der Waals surface area contributed by atoms with Crippen LogP contribution in [0.4, 0.5) is 4.39 Å². The molecule has 0 N–H and O–H groups in total. The Morgan fingerprint density at radius 2 is 2.00 bits per heavy atom. The second kappa shape index (κ2) is 3.17. The molecule has 0 bridgehead atoms. The number of hydrogen-bond donors (Lipinski definition) is 0. The molecule has 0 unspecified atom stereocenters. The molecule has 0 aliphatic heterocycles. The molecule has 0 aliphatic rings. The van der Waals surface area contributed by atoms with Gasteiger partial charge in [0.15, 0.2) is 0 Å². The van der Waals surface area contributed by atoms with Gasteiger partial charge in [-0.15, -0.1) is 0 Å². The van der Waals surface area contributed by atoms with Crippen molar-refractivity contribution in [3.8, 4) is 0 Å². The van der Waals surface area contributed by atoms with Crippen molar-refractivity contribution in [3.05, 3.63) is 34.1 Å². The smallest absolute Gasteiger partial charge is 0.145 e. The molecule has 0 atom stereocenters. The van der Waals surface area contributed by atoms with Crippen molar-refractivity contribution in [2.45, 2.75) is 26.2 Å². The van der Waals surface area contributed by atoms with E-state index in [2.05, 4.69) is 22.0 Å². The van der Waals surface area contributed by atoms with E-state index in [4.69, 9.17) is 0 Å². The molecule has 1 radical (unpaired) electrons. The Kier molecular flexibility index (Phi) is 2.57. The van der Waals surface area contributed by atoms with Gasteiger partial charge in [-0.2, -0.15) is 0 Å². The lowest BCUT2D eigenvalue weighted by atomic mass is 9.87. The normalized spacial score (nSPS) is 11.8. The molecular formula is C10H11BrF. The molecule has 0 spiro atoms. The molecule has 0 amide bonds. The second-order valence-electron chi connectivity index (χ2n) is 3.77. The van der Waals surface area contributed by atoms with Crippen LogP contribution in [0.5, 0.6) is 0 Å². The van der Waals surface area contributed by atoms with Gasteiger partial charge in [0.05, 0.1) is 4.47 Å². The number of hydrogen-bond acceptors (Lipinski definition) is 0. The fourth-order valence-corrected chi connectivity index (χ4v) is 1.87. The molecule has 1 rings (SSSR count). The second-order valence-corrected chi connectivity index (χ2v) is 4.56. The zero-order chi connectivity index (χ0) is 9.35. The highest BCUT2D eigenvalue weighted by Crippen LogP contribution is 2.30. The molecule has 0 aliphatic carbocycles. The summed E-state index contributed by atoms with van der Waals surface area (Å²) in [5.41, 5.74) is 0.938. The van der Waals surface area contributed by atoms with Crippen molar-refractivity contribution >= 4 is 15.9 Å². The lowest BCUT2D eigenvalue weighted by molar-refractivity contribution is 0.564. The van der Waals surface area contributed by atoms with Gasteiger partial charge in [-0.05, 0) is 26.9 Å². The molecule has 1 aromatic carbocycles. The number of halogens is 2. The first-order chi connectivity index (χ1) is 5.43. The Hall–Kier alpha value is -0.370. The van der Waals surface area contributed by atoms with Crippen LogP contribution in [0, 0.1) is 11.9 Å². The lowest BCUT2D eigenvalue weighted by Crippen LogP contribution is -2.12. The molecule has 2 heteroatoms. The summed E-state index contributed by atoms with van der Waals surface area (Å²) in [5, 5.41) is 0. The largest absolute Gasteiger partial charge is 0.205 e. The van der Waals surface area contributed by atoms with Crippen molar-refractivity contribution in [2.75, 3.05) is 0 Å². The third-order valence-electron chi connectivity index (χ3n) is 1.70. The maximum Gasteiger partial charge on any atom is 0.145 e. The predicted molar refractivity (Wildman–Crippen MR) is 51.6 cm³/mol. The zero-order valence-corrected chi connectivity index (χ0v) is 9.00. The average molecular weight is 230 g/mol. The molecular weight excluding hydrogens is 219 g/mol. The van der Waals surface area contributed by atoms with Crippen molar-refractivity contribution in [2.24, 2.45) is 0 Å². The minimum atomic E-state index is -0.317. The van der Waals surface area contributed by atoms with E-state index in [0.717, 1.165) is 5.56 Å². The van der Waals surface area contributed by atoms with Gasteiger partial charge < -0.3 is 0 Å². The summed E-state index contributed by atoms with van der Waals surface area (Å²) in [4.78, 5) is 0. The Labute approximate surface area is 80.9 Å². The van der Waals surface area contributed by atoms with Gasteiger partial charge in [0.25, 0.3) is 0 Å². The quantitative estimate of drug-likeness (QED) is 0.637. The highest BCUT2D eigenvalue weighted by atomic mass is 79.9. The molecule has 0 heterocycles. The molecule has 0 nitrogen and oxygen atoms in total. The third-order valence-corrected chi connectivity index (χ3v) is 2.47. The lowest BCUT2D eigenvalue weighted by Gasteiger charge is -2.20. The Morgan fingerprint density at radius 3 is 2.42 bits per heavy atom. The van der Waals surface area contributed by atoms with Crippen LogP contribution in [0.15, 0.2) is 16.6 Å². The zero-order valence-electron chi connectivity index (χ0n) is 7.41. The van der Waals surface area contributed by atoms with E-state index in [9.17, 15) is 4.39 Å². The standard InChI is InChI=1S/C10H11BrF/c1-10(2,3)7-5-4-6-8(12)9(7)11/h4-5H,1-3H3. The summed E-state index contributed by atoms with van der Waals surface area (Å²) >= 11 is 3.21. The van der Waals surface area contributed by atoms with E-state index in [1.165, 1.54) is 0 Å². The third kappa shape index (κ3) is 1.86. The summed E-state index contributed by atoms with van der Waals surface area (Å²) in [7, 11) is 0. The van der Waals surface area contributed by atoms with Crippen LogP contribution in [0.2, 0.25) is 0 Å². The summed E-state index contributed by atoms with van der Waals surface area (Å²) in [6, 6.07) is 5.99. The van der Waals surface area contributed by atoms with Crippen molar-refractivity contribution in [3.63, 3.8) is 0 Å². The van der Waals surface area contributed by atoms with E-state index >= 15 is 0 Å². The van der Waals surface area contributed by atoms with Crippen LogP contribution in [0.3, 0.4) is 0 Å². The van der Waals surface area contributed by atoms with E-state index in [-0.39, 0.29) is 11.2 Å². The Bertz CT molecular complexity index is 286. The average Bonchev–Trinajstić information content (AvgIpc) is 1.92. The molecule has 0 fully saturated rings. The minimum Gasteiger partial charge on any atom is -0.205 e. The first-order valence-electron chi connectivity index (χ1n) is 3.79. The monoisotopic (exact) mass is 229 g/mol. The first kappa shape index (κ1) is 9.72. The summed E-state index contributed by atoms with van der Waals surface area (Å²) in [6.45, 7) is 6.14. The van der Waals surface area contributed by atoms with Gasteiger partial charge in [-0.1, -0.05) is 32.9 Å². The van der Waals surface area contributed by atoms with Crippen LogP contribution in [0.1, 0.15) is 26.3 Å². The van der Waals surface area contributed by atoms with Gasteiger partial charge in [0, 0.05) is 6.07 Å². The van der Waals surface area contributed by atoms with E-state index < -0.39 is 0 Å². The highest BCUT2D eigenvalue weighted by molar-refractivity contribution is 9.10. The van der Waals surface area contributed by atoms with Gasteiger partial charge >= 0.3 is 0 Å². The van der Waals surface area contributed by atoms with E-state index in [1.54, 1.807) is 6.07 Å². The Balaban J connectivity index is 3.26. The van der Waals surface area contributed by atoms with Crippen molar-refractivity contribution < 1.29 is 4.39 Å². The first-order valence-corrected chi connectivity index (χ1v) is 4.58. The van der Waals surface area contributed by atoms with Crippen LogP contribution < -0.4 is 0 Å². The molecule has 0 saturated carbocycles. The van der Waals surface area contributed by atoms with E-state index in [1.807, 2.05) is 26.8 Å². The predicted octanol–water partition coefficient (Wildman–Crippen LogP) is 3.69. The van der Waals surface area contributed by atoms with Gasteiger partial charge in [-0.3, -0.25) is 0 Å². The molecule has 1 aromatic rings. The fraction of sp³-hybridized carbons (Fsp3) is 0.400. The van der Waals surface area contributed by atoms with Crippen LogP contribution in [-0.2, 0) is 5.41 Å². The minimum absolute atomic E-state index is 0.0330. The van der Waals surface area contributed by atoms with Gasteiger partial charge in [-0.25, -0.2) is 4.39 Å². The summed E-state index contributed by atoms with van der Waals surface area (Å²) in [6.07, 6.45) is 0. The number of rotatable bonds is 0. The SMILES string of the molecule is CC(C)(C)c1cc[c]c(F)c1Br. The van der Waals surface area contributed by atoms with Crippen LogP contribution in [-0.4, -0.2) is 0 Å². The highest BCUT2D eigenvalue weighted by Gasteiger charge is 2.18. The number of benzene rings is 1. The van der Waals surface area contributed by atoms with Gasteiger partial charge in [0.1, 0.15) is 5.82 Å². The van der Waals surface area contributed by atoms with Crippen LogP contribution in [0.25, 0.3) is 0 Å². The molecule has 0 aromatic heterocycles. The summed E-state index contributed by atoms with van der Waals surface area (Å²) in [5.74, 6) is -0.317. The fourth-order valence-electron chi connectivity index (χ4n) is 1.03. The Morgan fingerprint density at radius 1 is 1.42 bits per heavy atom. The van der Waals surface area contributed by atoms with Crippen LogP contribution >= 0.6 is 15.9 Å². The maximum absolute atomic E-state index is 13.0. The van der Waals surface area contributed by atoms with Crippen molar-refractivity contribution in [1.29, 1.82) is 0 Å². The van der Waals surface area contributed by atoms with Gasteiger partial charge in [0.2, 0.25) is 0 Å². The maximum atomic E-state index is 13.0. The van der Waals surface area contributed by atoms with Crippen molar-refractivity contribution in [1.82, 2.24) is 0 Å². The topological polar surface area (TPSA) is 0 Å². The molecule has 0 saturated heterocycles. The molecule has 65 valence electrons. The van der Waals surface area contributed by atoms with E-state index in [0.29, 0.717) is 4.47 Å². The molecule has 12 heavy (non-hydrogen) atoms. The summed E-state index contributed by atoms with van der Waals surface area (Å²) < 4.78 is 13.5.